The van der Waals surface area contributed by atoms with Crippen molar-refractivity contribution in [3.05, 3.63) is 107 Å². The lowest BCUT2D eigenvalue weighted by molar-refractivity contribution is -0.130. The second-order valence-electron chi connectivity index (χ2n) is 7.90. The highest BCUT2D eigenvalue weighted by Gasteiger charge is 2.62. The van der Waals surface area contributed by atoms with Crippen LogP contribution in [0.5, 0.6) is 0 Å². The summed E-state index contributed by atoms with van der Waals surface area (Å²) in [6.45, 7) is 2.03. The van der Waals surface area contributed by atoms with Crippen LogP contribution in [0.1, 0.15) is 46.3 Å². The number of carbonyl (C=O) groups excluding carboxylic acids is 1. The van der Waals surface area contributed by atoms with Gasteiger partial charge in [0, 0.05) is 10.5 Å². The molecular formula is C27H24F2O2S. The number of fused-ring (bicyclic) bond motifs is 1. The van der Waals surface area contributed by atoms with Crippen molar-refractivity contribution >= 4 is 23.8 Å². The van der Waals surface area contributed by atoms with Crippen molar-refractivity contribution in [3.63, 3.8) is 0 Å². The van der Waals surface area contributed by atoms with E-state index in [4.69, 9.17) is 4.74 Å². The van der Waals surface area contributed by atoms with Crippen LogP contribution in [0.15, 0.2) is 89.8 Å². The van der Waals surface area contributed by atoms with Gasteiger partial charge in [-0.1, -0.05) is 78.4 Å². The molecule has 0 bridgehead atoms. The first kappa shape index (κ1) is 22.3. The third-order valence-corrected chi connectivity index (χ3v) is 6.69. The van der Waals surface area contributed by atoms with E-state index >= 15 is 8.78 Å². The number of hydrogen-bond acceptors (Lipinski definition) is 3. The molecule has 3 aromatic carbocycles. The molecular weight excluding hydrogens is 426 g/mol. The van der Waals surface area contributed by atoms with Crippen LogP contribution in [0, 0.1) is 6.92 Å². The fourth-order valence-electron chi connectivity index (χ4n) is 3.91. The van der Waals surface area contributed by atoms with Crippen LogP contribution in [0.25, 0.3) is 6.08 Å². The van der Waals surface area contributed by atoms with Gasteiger partial charge in [0.1, 0.15) is 0 Å². The average molecular weight is 451 g/mol. The molecule has 1 aliphatic heterocycles. The van der Waals surface area contributed by atoms with Gasteiger partial charge >= 0.3 is 11.2 Å². The Hall–Kier alpha value is -2.92. The Morgan fingerprint density at radius 1 is 0.969 bits per heavy atom. The van der Waals surface area contributed by atoms with Gasteiger partial charge in [-0.15, -0.1) is 0 Å². The van der Waals surface area contributed by atoms with Gasteiger partial charge in [0.2, 0.25) is 5.60 Å². The lowest BCUT2D eigenvalue weighted by Crippen LogP contribution is -2.43. The van der Waals surface area contributed by atoms with Crippen molar-refractivity contribution in [2.24, 2.45) is 0 Å². The molecule has 0 aromatic heterocycles. The number of allylic oxidation sites excluding steroid dienone is 1. The summed E-state index contributed by atoms with van der Waals surface area (Å²) < 4.78 is 37.1. The number of rotatable bonds is 8. The van der Waals surface area contributed by atoms with E-state index in [2.05, 4.69) is 0 Å². The molecule has 1 aliphatic rings. The molecule has 0 fully saturated rings. The maximum atomic E-state index is 15.8. The molecule has 2 nitrogen and oxygen atoms in total. The zero-order valence-corrected chi connectivity index (χ0v) is 18.6. The number of halogens is 2. The third kappa shape index (κ3) is 4.49. The number of carbonyl (C=O) groups is 1. The van der Waals surface area contributed by atoms with Crippen LogP contribution in [0.3, 0.4) is 0 Å². The Morgan fingerprint density at radius 3 is 2.41 bits per heavy atom. The Bertz CT molecular complexity index is 1110. The molecule has 1 unspecified atom stereocenters. The van der Waals surface area contributed by atoms with Crippen LogP contribution in [-0.4, -0.2) is 11.2 Å². The molecule has 1 atom stereocenters. The molecule has 164 valence electrons. The number of ether oxygens (including phenoxy) is 1. The van der Waals surface area contributed by atoms with Crippen molar-refractivity contribution in [1.29, 1.82) is 0 Å². The van der Waals surface area contributed by atoms with Gasteiger partial charge in [-0.3, -0.25) is 0 Å². The summed E-state index contributed by atoms with van der Waals surface area (Å²) in [4.78, 5) is 12.9. The zero-order valence-electron chi connectivity index (χ0n) is 17.8. The first-order valence-electron chi connectivity index (χ1n) is 10.6. The highest BCUT2D eigenvalue weighted by atomic mass is 32.2. The molecule has 0 amide bonds. The smallest absolute Gasteiger partial charge is 0.341 e. The van der Waals surface area contributed by atoms with Crippen LogP contribution in [0.4, 0.5) is 8.78 Å². The second kappa shape index (κ2) is 9.29. The fraction of sp³-hybridized carbons (Fsp3) is 0.222. The van der Waals surface area contributed by atoms with Gasteiger partial charge in [-0.2, -0.15) is 8.78 Å². The Morgan fingerprint density at radius 2 is 1.66 bits per heavy atom. The van der Waals surface area contributed by atoms with E-state index in [-0.39, 0.29) is 17.5 Å². The Kier molecular flexibility index (Phi) is 6.47. The van der Waals surface area contributed by atoms with Gasteiger partial charge in [0.25, 0.3) is 0 Å². The molecule has 0 radical (unpaired) electrons. The first-order chi connectivity index (χ1) is 15.4. The van der Waals surface area contributed by atoms with E-state index in [1.807, 2.05) is 43.3 Å². The van der Waals surface area contributed by atoms with Crippen LogP contribution in [0.2, 0.25) is 0 Å². The molecule has 3 aromatic rings. The second-order valence-corrected chi connectivity index (χ2v) is 9.09. The van der Waals surface area contributed by atoms with Gasteiger partial charge in [0.05, 0.1) is 5.56 Å². The van der Waals surface area contributed by atoms with Crippen molar-refractivity contribution < 1.29 is 18.3 Å². The van der Waals surface area contributed by atoms with Gasteiger partial charge < -0.3 is 4.74 Å². The number of alkyl halides is 2. The average Bonchev–Trinajstić information content (AvgIpc) is 3.09. The predicted octanol–water partition coefficient (Wildman–Crippen LogP) is 7.63. The molecule has 0 N–H and O–H groups in total. The molecule has 0 spiro atoms. The predicted molar refractivity (Wildman–Crippen MR) is 125 cm³/mol. The number of cyclic esters (lactones) is 1. The minimum Gasteiger partial charge on any atom is -0.443 e. The summed E-state index contributed by atoms with van der Waals surface area (Å²) in [5, 5.41) is -3.34. The van der Waals surface area contributed by atoms with Crippen molar-refractivity contribution in [3.8, 4) is 0 Å². The molecule has 4 rings (SSSR count). The molecule has 5 heteroatoms. The minimum atomic E-state index is -3.34. The quantitative estimate of drug-likeness (QED) is 0.200. The van der Waals surface area contributed by atoms with E-state index in [9.17, 15) is 4.79 Å². The Balaban J connectivity index is 1.56. The van der Waals surface area contributed by atoms with E-state index in [1.165, 1.54) is 5.56 Å². The first-order valence-corrected chi connectivity index (χ1v) is 11.4. The number of unbranched alkanes of at least 4 members (excludes halogenated alkanes) is 1. The van der Waals surface area contributed by atoms with Crippen LogP contribution in [-0.2, 0) is 10.3 Å². The van der Waals surface area contributed by atoms with E-state index < -0.39 is 16.8 Å². The largest absolute Gasteiger partial charge is 0.443 e. The summed E-state index contributed by atoms with van der Waals surface area (Å²) in [7, 11) is 0. The molecule has 1 heterocycles. The summed E-state index contributed by atoms with van der Waals surface area (Å²) in [6.07, 6.45) is 5.04. The van der Waals surface area contributed by atoms with Crippen molar-refractivity contribution in [2.75, 3.05) is 0 Å². The number of esters is 1. The summed E-state index contributed by atoms with van der Waals surface area (Å²) in [5.74, 6) is -0.691. The number of aryl methyl sites for hydroxylation is 1. The molecule has 32 heavy (non-hydrogen) atoms. The topological polar surface area (TPSA) is 26.3 Å². The minimum absolute atomic E-state index is 0.0286. The summed E-state index contributed by atoms with van der Waals surface area (Å²) in [5.41, 5.74) is 0.729. The normalized spacial score (nSPS) is 18.0. The van der Waals surface area contributed by atoms with Crippen molar-refractivity contribution in [1.82, 2.24) is 0 Å². The van der Waals surface area contributed by atoms with Gasteiger partial charge in [-0.05, 0) is 61.7 Å². The number of hydrogen-bond donors (Lipinski definition) is 0. The fourth-order valence-corrected chi connectivity index (χ4v) is 4.92. The maximum absolute atomic E-state index is 15.8. The maximum Gasteiger partial charge on any atom is 0.341 e. The molecule has 0 saturated heterocycles. The number of benzene rings is 3. The summed E-state index contributed by atoms with van der Waals surface area (Å²) in [6, 6.07) is 23.1. The lowest BCUT2D eigenvalue weighted by atomic mass is 9.87. The van der Waals surface area contributed by atoms with Crippen LogP contribution >= 0.6 is 11.8 Å². The van der Waals surface area contributed by atoms with Crippen molar-refractivity contribution in [2.45, 2.75) is 41.9 Å². The van der Waals surface area contributed by atoms with E-state index in [0.717, 1.165) is 5.56 Å². The highest BCUT2D eigenvalue weighted by Crippen LogP contribution is 2.56. The van der Waals surface area contributed by atoms with E-state index in [1.54, 1.807) is 54.6 Å². The standard InChI is InChI=1S/C27H24F2O2S/c1-20-15-17-21(18-16-20)10-4-3-9-19-26(24-14-8-7-13-23(24)25(30)31-26)27(28,29)32-22-11-5-2-6-12-22/h2,4-8,10-18H,3,9,19H2,1H3/b10-4+. The third-order valence-electron chi connectivity index (χ3n) is 5.60. The summed E-state index contributed by atoms with van der Waals surface area (Å²) >= 11 is 0.441. The monoisotopic (exact) mass is 450 g/mol. The Labute approximate surface area is 191 Å². The SMILES string of the molecule is Cc1ccc(/C=C/CCCC2(C(F)(F)Sc3ccccc3)OC(=O)c3ccccc32)cc1. The van der Waals surface area contributed by atoms with Gasteiger partial charge in [0.15, 0.2) is 0 Å². The molecule has 0 saturated carbocycles. The lowest BCUT2D eigenvalue weighted by Gasteiger charge is -2.36. The van der Waals surface area contributed by atoms with Crippen LogP contribution < -0.4 is 0 Å². The van der Waals surface area contributed by atoms with Gasteiger partial charge in [-0.25, -0.2) is 4.79 Å². The van der Waals surface area contributed by atoms with E-state index in [0.29, 0.717) is 29.5 Å². The number of thioether (sulfide) groups is 1. The highest BCUT2D eigenvalue weighted by molar-refractivity contribution is 8.00. The molecule has 0 aliphatic carbocycles. The zero-order chi connectivity index (χ0) is 22.6.